The van der Waals surface area contributed by atoms with E-state index in [1.165, 1.54) is 0 Å². The maximum Gasteiger partial charge on any atom is 0.209 e. The average molecular weight is 208 g/mol. The van der Waals surface area contributed by atoms with Crippen LogP contribution in [0.15, 0.2) is 48.7 Å². The Bertz CT molecular complexity index is 394. The minimum atomic E-state index is 0. The van der Waals surface area contributed by atoms with Gasteiger partial charge in [-0.05, 0) is 12.1 Å². The Morgan fingerprint density at radius 1 is 1.00 bits per heavy atom. The van der Waals surface area contributed by atoms with Crippen LogP contribution in [0.3, 0.4) is 0 Å². The van der Waals surface area contributed by atoms with E-state index in [2.05, 4.69) is 4.98 Å². The van der Waals surface area contributed by atoms with E-state index in [4.69, 9.17) is 0 Å². The smallest absolute Gasteiger partial charge is 0.209 e. The van der Waals surface area contributed by atoms with Crippen LogP contribution in [0.5, 0.6) is 0 Å². The number of aromatic nitrogens is 1. The summed E-state index contributed by atoms with van der Waals surface area (Å²) in [5.74, 6) is 0.0330. The van der Waals surface area contributed by atoms with E-state index in [1.54, 1.807) is 12.3 Å². The van der Waals surface area contributed by atoms with Gasteiger partial charge in [0, 0.05) is 11.8 Å². The van der Waals surface area contributed by atoms with Crippen molar-refractivity contribution in [3.8, 4) is 0 Å². The first kappa shape index (κ1) is 10.5. The molecule has 0 aliphatic rings. The van der Waals surface area contributed by atoms with Crippen LogP contribution >= 0.6 is 12.4 Å². The van der Waals surface area contributed by atoms with Crippen LogP contribution in [0.2, 0.25) is 0 Å². The molecule has 0 saturated heterocycles. The second kappa shape index (κ2) is 4.63. The van der Waals surface area contributed by atoms with Crippen molar-refractivity contribution in [2.75, 3.05) is 0 Å². The summed E-state index contributed by atoms with van der Waals surface area (Å²) in [6.45, 7) is 0. The molecule has 2 nitrogen and oxygen atoms in total. The molecule has 0 amide bonds. The predicted molar refractivity (Wildman–Crippen MR) is 57.9 cm³/mol. The van der Waals surface area contributed by atoms with Crippen molar-refractivity contribution in [2.24, 2.45) is 0 Å². The Labute approximate surface area is 88.4 Å². The van der Waals surface area contributed by atoms with Crippen molar-refractivity contribution in [1.29, 1.82) is 0 Å². The number of halogens is 1. The van der Waals surface area contributed by atoms with Gasteiger partial charge in [0.15, 0.2) is 0 Å². The van der Waals surface area contributed by atoms with Gasteiger partial charge in [0.05, 0.1) is 5.69 Å². The molecule has 1 heterocycles. The molecule has 0 fully saturated rings. The van der Waals surface area contributed by atoms with E-state index < -0.39 is 0 Å². The summed E-state index contributed by atoms with van der Waals surface area (Å²) in [6, 6.07) is 12.8. The number of rotatable bonds is 2. The molecule has 2 rings (SSSR count). The highest BCUT2D eigenvalue weighted by atomic mass is 35.5. The van der Waals surface area contributed by atoms with E-state index in [1.807, 2.05) is 36.4 Å². The van der Waals surface area contributed by atoms with Crippen LogP contribution in [-0.2, 0) is 0 Å². The highest BCUT2D eigenvalue weighted by Crippen LogP contribution is 2.06. The monoisotopic (exact) mass is 207 g/mol. The van der Waals surface area contributed by atoms with Gasteiger partial charge >= 0.3 is 0 Å². The van der Waals surface area contributed by atoms with Gasteiger partial charge in [-0.25, -0.2) is 0 Å². The summed E-state index contributed by atoms with van der Waals surface area (Å²) in [5.41, 5.74) is 1.34. The van der Waals surface area contributed by atoms with E-state index in [0.29, 0.717) is 11.3 Å². The summed E-state index contributed by atoms with van der Waals surface area (Å²) >= 11 is 0. The zero-order valence-corrected chi connectivity index (χ0v) is 8.25. The van der Waals surface area contributed by atoms with E-state index >= 15 is 0 Å². The van der Waals surface area contributed by atoms with Crippen LogP contribution in [0.4, 0.5) is 0 Å². The lowest BCUT2D eigenvalue weighted by Gasteiger charge is -1.96. The zero-order valence-electron chi connectivity index (χ0n) is 7.44. The number of carbonyl (C=O) groups is 1. The lowest BCUT2D eigenvalue weighted by atomic mass is 10.1. The molecular formula is C11H10ClNO. The Hall–Kier alpha value is -1.54. The van der Waals surface area contributed by atoms with Crippen LogP contribution in [0.25, 0.3) is 0 Å². The third kappa shape index (κ3) is 2.03. The molecule has 0 saturated carbocycles. The van der Waals surface area contributed by atoms with Gasteiger partial charge in [-0.15, -0.1) is 12.4 Å². The van der Waals surface area contributed by atoms with Crippen LogP contribution in [-0.4, -0.2) is 10.8 Å². The summed E-state index contributed by atoms with van der Waals surface area (Å²) in [6.07, 6.45) is 1.75. The van der Waals surface area contributed by atoms with Gasteiger partial charge in [0.2, 0.25) is 5.78 Å². The zero-order chi connectivity index (χ0) is 9.10. The second-order valence-electron chi connectivity index (χ2n) is 2.78. The van der Waals surface area contributed by atoms with Crippen molar-refractivity contribution < 1.29 is 4.79 Å². The van der Waals surface area contributed by atoms with Crippen molar-refractivity contribution >= 4 is 18.2 Å². The highest BCUT2D eigenvalue weighted by molar-refractivity contribution is 6.07. The van der Waals surface area contributed by atoms with Gasteiger partial charge in [0.1, 0.15) is 0 Å². The maximum absolute atomic E-state index is 11.7. The molecule has 3 heteroatoms. The summed E-state index contributed by atoms with van der Waals surface area (Å²) in [7, 11) is 0. The first-order chi connectivity index (χ1) is 6.38. The number of benzene rings is 1. The van der Waals surface area contributed by atoms with E-state index in [-0.39, 0.29) is 18.2 Å². The fraction of sp³-hybridized carbons (Fsp3) is 0. The van der Waals surface area contributed by atoms with Crippen molar-refractivity contribution in [2.45, 2.75) is 0 Å². The molecule has 1 aromatic heterocycles. The van der Waals surface area contributed by atoms with Gasteiger partial charge < -0.3 is 4.98 Å². The molecule has 0 aliphatic heterocycles. The summed E-state index contributed by atoms with van der Waals surface area (Å²) in [4.78, 5) is 14.6. The second-order valence-corrected chi connectivity index (χ2v) is 2.78. The number of carbonyl (C=O) groups excluding carboxylic acids is 1. The third-order valence-corrected chi connectivity index (χ3v) is 1.88. The van der Waals surface area contributed by atoms with Crippen LogP contribution in [0, 0.1) is 0 Å². The lowest BCUT2D eigenvalue weighted by molar-refractivity contribution is 0.103. The van der Waals surface area contributed by atoms with Crippen molar-refractivity contribution in [1.82, 2.24) is 4.98 Å². The molecule has 0 bridgehead atoms. The van der Waals surface area contributed by atoms with Gasteiger partial charge in [-0.1, -0.05) is 30.3 Å². The summed E-state index contributed by atoms with van der Waals surface area (Å²) < 4.78 is 0. The molecule has 2 aromatic rings. The quantitative estimate of drug-likeness (QED) is 0.755. The first-order valence-corrected chi connectivity index (χ1v) is 4.11. The first-order valence-electron chi connectivity index (χ1n) is 4.11. The largest absolute Gasteiger partial charge is 0.359 e. The Morgan fingerprint density at radius 3 is 2.29 bits per heavy atom. The molecule has 0 spiro atoms. The molecule has 0 atom stereocenters. The van der Waals surface area contributed by atoms with E-state index in [9.17, 15) is 4.79 Å². The third-order valence-electron chi connectivity index (χ3n) is 1.88. The minimum Gasteiger partial charge on any atom is -0.359 e. The average Bonchev–Trinajstić information content (AvgIpc) is 2.71. The Balaban J connectivity index is 0.000000980. The molecule has 0 aliphatic carbocycles. The van der Waals surface area contributed by atoms with Gasteiger partial charge in [-0.2, -0.15) is 0 Å². The lowest BCUT2D eigenvalue weighted by Crippen LogP contribution is -2.00. The van der Waals surface area contributed by atoms with Crippen LogP contribution in [0.1, 0.15) is 16.1 Å². The SMILES string of the molecule is Cl.O=C(c1ccccc1)c1ccc[nH]1. The van der Waals surface area contributed by atoms with Gasteiger partial charge in [-0.3, -0.25) is 4.79 Å². The predicted octanol–water partition coefficient (Wildman–Crippen LogP) is 2.67. The topological polar surface area (TPSA) is 32.9 Å². The number of aromatic amines is 1. The van der Waals surface area contributed by atoms with E-state index in [0.717, 1.165) is 0 Å². The standard InChI is InChI=1S/C11H9NO.ClH/c13-11(10-7-4-8-12-10)9-5-2-1-3-6-9;/h1-8,12H;1H. The Kier molecular flexibility index (Phi) is 3.48. The number of hydrogen-bond donors (Lipinski definition) is 1. The normalized spacial score (nSPS) is 9.14. The fourth-order valence-electron chi connectivity index (χ4n) is 1.22. The van der Waals surface area contributed by atoms with Crippen molar-refractivity contribution in [3.63, 3.8) is 0 Å². The molecule has 14 heavy (non-hydrogen) atoms. The molecule has 0 unspecified atom stereocenters. The number of H-pyrrole nitrogens is 1. The molecule has 1 N–H and O–H groups in total. The molecule has 0 radical (unpaired) electrons. The number of nitrogens with one attached hydrogen (secondary N) is 1. The fourth-order valence-corrected chi connectivity index (χ4v) is 1.22. The van der Waals surface area contributed by atoms with Crippen molar-refractivity contribution in [3.05, 3.63) is 59.9 Å². The minimum absolute atomic E-state index is 0. The van der Waals surface area contributed by atoms with Gasteiger partial charge in [0.25, 0.3) is 0 Å². The maximum atomic E-state index is 11.7. The number of hydrogen-bond acceptors (Lipinski definition) is 1. The summed E-state index contributed by atoms with van der Waals surface area (Å²) in [5, 5.41) is 0. The Morgan fingerprint density at radius 2 is 1.71 bits per heavy atom. The van der Waals surface area contributed by atoms with Crippen LogP contribution < -0.4 is 0 Å². The molecule has 72 valence electrons. The molecule has 1 aromatic carbocycles. The highest BCUT2D eigenvalue weighted by Gasteiger charge is 2.07. The number of ketones is 1. The molecular weight excluding hydrogens is 198 g/mol.